The van der Waals surface area contributed by atoms with Gasteiger partial charge in [0.25, 0.3) is 0 Å². The number of ether oxygens (including phenoxy) is 2. The van der Waals surface area contributed by atoms with Crippen LogP contribution < -0.4 is 5.32 Å². The van der Waals surface area contributed by atoms with Gasteiger partial charge < -0.3 is 19.9 Å². The second-order valence-electron chi connectivity index (χ2n) is 6.22. The molecule has 1 aliphatic heterocycles. The summed E-state index contributed by atoms with van der Waals surface area (Å²) in [5.74, 6) is -0.147. The Labute approximate surface area is 155 Å². The molecule has 0 amide bonds. The van der Waals surface area contributed by atoms with Crippen LogP contribution in [0.2, 0.25) is 0 Å². The Hall–Kier alpha value is -1.72. The molecule has 2 unspecified atom stereocenters. The number of halogens is 1. The van der Waals surface area contributed by atoms with Crippen LogP contribution in [0.4, 0.5) is 0 Å². The molecule has 6 heteroatoms. The molecule has 5 nitrogen and oxygen atoms in total. The minimum absolute atomic E-state index is 0.0533. The van der Waals surface area contributed by atoms with Crippen LogP contribution >= 0.6 is 11.6 Å². The summed E-state index contributed by atoms with van der Waals surface area (Å²) in [5.41, 5.74) is 1.31. The Morgan fingerprint density at radius 2 is 2.28 bits per heavy atom. The first-order chi connectivity index (χ1) is 11.8. The highest BCUT2D eigenvalue weighted by Crippen LogP contribution is 2.23. The topological polar surface area (TPSA) is 67.8 Å². The van der Waals surface area contributed by atoms with E-state index >= 15 is 0 Å². The minimum atomic E-state index is -0.394. The van der Waals surface area contributed by atoms with E-state index in [0.717, 1.165) is 5.57 Å². The number of carbonyl (C=O) groups is 1. The van der Waals surface area contributed by atoms with Crippen LogP contribution in [0.15, 0.2) is 46.9 Å². The fraction of sp³-hybridized carbons (Fsp3) is 0.526. The van der Waals surface area contributed by atoms with Crippen LogP contribution in [0, 0.1) is 5.92 Å². The van der Waals surface area contributed by atoms with Gasteiger partial charge in [-0.3, -0.25) is 0 Å². The summed E-state index contributed by atoms with van der Waals surface area (Å²) < 4.78 is 10.9. The second-order valence-corrected chi connectivity index (χ2v) is 6.63. The van der Waals surface area contributed by atoms with E-state index in [1.54, 1.807) is 19.2 Å². The van der Waals surface area contributed by atoms with Crippen LogP contribution in [0.3, 0.4) is 0 Å². The molecule has 1 heterocycles. The standard InChI is InChI=1S/C19H28ClNO4/c1-6-16(20)18(22)9-14-8-17(12(3)4)21-10-15(11-25-13(14)5)19(23)24-7-2/h6,9-10,12-13,17,21-22H,1,7-8,11H2,2-5H3/b14-9-,15-10+,18-16-. The summed E-state index contributed by atoms with van der Waals surface area (Å²) >= 11 is 5.93. The number of carbonyl (C=O) groups excluding carboxylic acids is 1. The maximum absolute atomic E-state index is 12.0. The van der Waals surface area contributed by atoms with E-state index in [9.17, 15) is 9.90 Å². The van der Waals surface area contributed by atoms with E-state index in [1.807, 2.05) is 6.92 Å². The Morgan fingerprint density at radius 3 is 2.84 bits per heavy atom. The van der Waals surface area contributed by atoms with Gasteiger partial charge in [0.2, 0.25) is 0 Å². The molecule has 1 aliphatic rings. The molecule has 0 spiro atoms. The third-order valence-electron chi connectivity index (χ3n) is 4.03. The number of allylic oxidation sites excluding steroid dienone is 3. The van der Waals surface area contributed by atoms with Crippen molar-refractivity contribution in [1.29, 1.82) is 0 Å². The number of rotatable bonds is 5. The normalized spacial score (nSPS) is 26.5. The maximum atomic E-state index is 12.0. The number of nitrogens with one attached hydrogen (secondary N) is 1. The summed E-state index contributed by atoms with van der Waals surface area (Å²) in [6.45, 7) is 11.8. The third-order valence-corrected chi connectivity index (χ3v) is 4.37. The van der Waals surface area contributed by atoms with Crippen molar-refractivity contribution in [3.63, 3.8) is 0 Å². The monoisotopic (exact) mass is 369 g/mol. The third kappa shape index (κ3) is 6.59. The molecule has 2 atom stereocenters. The number of hydrogen-bond donors (Lipinski definition) is 2. The Balaban J connectivity index is 3.15. The quantitative estimate of drug-likeness (QED) is 0.436. The lowest BCUT2D eigenvalue weighted by atomic mass is 9.93. The minimum Gasteiger partial charge on any atom is -0.506 e. The highest BCUT2D eigenvalue weighted by molar-refractivity contribution is 6.31. The van der Waals surface area contributed by atoms with Crippen molar-refractivity contribution in [3.8, 4) is 0 Å². The summed E-state index contributed by atoms with van der Waals surface area (Å²) in [4.78, 5) is 12.0. The lowest BCUT2D eigenvalue weighted by molar-refractivity contribution is -0.139. The SMILES string of the molecule is C=C/C(Cl)=C(O)\C=C1\CC(C(C)C)N/C=C(/C(=O)OCC)COC1C. The van der Waals surface area contributed by atoms with E-state index < -0.39 is 5.97 Å². The fourth-order valence-electron chi connectivity index (χ4n) is 2.35. The van der Waals surface area contributed by atoms with E-state index in [4.69, 9.17) is 21.1 Å². The van der Waals surface area contributed by atoms with Crippen LogP contribution in [-0.2, 0) is 14.3 Å². The largest absolute Gasteiger partial charge is 0.506 e. The van der Waals surface area contributed by atoms with Gasteiger partial charge in [-0.25, -0.2) is 4.79 Å². The number of hydrogen-bond acceptors (Lipinski definition) is 5. The van der Waals surface area contributed by atoms with Gasteiger partial charge in [0.1, 0.15) is 5.76 Å². The Kier molecular flexibility index (Phi) is 8.79. The van der Waals surface area contributed by atoms with E-state index in [1.165, 1.54) is 6.08 Å². The molecule has 0 aromatic heterocycles. The molecule has 0 saturated carbocycles. The zero-order valence-corrected chi connectivity index (χ0v) is 16.1. The van der Waals surface area contributed by atoms with E-state index in [-0.39, 0.29) is 29.5 Å². The second kappa shape index (κ2) is 10.3. The molecule has 0 saturated heterocycles. The summed E-state index contributed by atoms with van der Waals surface area (Å²) in [6.07, 6.45) is 5.01. The van der Waals surface area contributed by atoms with Gasteiger partial charge in [0.15, 0.2) is 0 Å². The molecule has 0 aromatic rings. The van der Waals surface area contributed by atoms with Crippen LogP contribution in [-0.4, -0.2) is 36.4 Å². The lowest BCUT2D eigenvalue weighted by Crippen LogP contribution is -2.31. The molecule has 1 rings (SSSR count). The summed E-state index contributed by atoms with van der Waals surface area (Å²) in [6, 6.07) is 0.0649. The molecular formula is C19H28ClNO4. The number of aliphatic hydroxyl groups is 1. The van der Waals surface area contributed by atoms with Gasteiger partial charge in [-0.1, -0.05) is 32.0 Å². The van der Waals surface area contributed by atoms with E-state index in [0.29, 0.717) is 24.5 Å². The molecule has 25 heavy (non-hydrogen) atoms. The number of esters is 1. The van der Waals surface area contributed by atoms with Gasteiger partial charge in [-0.05, 0) is 43.9 Å². The summed E-state index contributed by atoms with van der Waals surface area (Å²) in [7, 11) is 0. The average molecular weight is 370 g/mol. The Bertz CT molecular complexity index is 578. The highest BCUT2D eigenvalue weighted by atomic mass is 35.5. The van der Waals surface area contributed by atoms with Crippen molar-refractivity contribution in [1.82, 2.24) is 5.32 Å². The smallest absolute Gasteiger partial charge is 0.337 e. The van der Waals surface area contributed by atoms with Crippen LogP contribution in [0.5, 0.6) is 0 Å². The molecule has 0 fully saturated rings. The molecular weight excluding hydrogens is 342 g/mol. The maximum Gasteiger partial charge on any atom is 0.337 e. The first kappa shape index (κ1) is 21.3. The zero-order valence-electron chi connectivity index (χ0n) is 15.3. The van der Waals surface area contributed by atoms with Crippen molar-refractivity contribution >= 4 is 17.6 Å². The van der Waals surface area contributed by atoms with Gasteiger partial charge in [0.05, 0.1) is 29.9 Å². The molecule has 140 valence electrons. The highest BCUT2D eigenvalue weighted by Gasteiger charge is 2.23. The predicted octanol–water partition coefficient (Wildman–Crippen LogP) is 3.98. The number of aliphatic hydroxyl groups excluding tert-OH is 1. The van der Waals surface area contributed by atoms with Crippen molar-refractivity contribution in [2.24, 2.45) is 5.92 Å². The van der Waals surface area contributed by atoms with Crippen molar-refractivity contribution in [2.45, 2.75) is 46.3 Å². The lowest BCUT2D eigenvalue weighted by Gasteiger charge is -2.24. The summed E-state index contributed by atoms with van der Waals surface area (Å²) in [5, 5.41) is 13.6. The fourth-order valence-corrected chi connectivity index (χ4v) is 2.40. The van der Waals surface area contributed by atoms with Crippen LogP contribution in [0.25, 0.3) is 0 Å². The van der Waals surface area contributed by atoms with Gasteiger partial charge >= 0.3 is 5.97 Å². The van der Waals surface area contributed by atoms with E-state index in [2.05, 4.69) is 25.7 Å². The molecule has 0 aliphatic carbocycles. The van der Waals surface area contributed by atoms with Crippen molar-refractivity contribution in [3.05, 3.63) is 46.9 Å². The first-order valence-electron chi connectivity index (χ1n) is 8.45. The Morgan fingerprint density at radius 1 is 1.60 bits per heavy atom. The molecule has 0 aromatic carbocycles. The van der Waals surface area contributed by atoms with Gasteiger partial charge in [0, 0.05) is 12.2 Å². The molecule has 0 bridgehead atoms. The molecule has 2 N–H and O–H groups in total. The first-order valence-corrected chi connectivity index (χ1v) is 8.83. The van der Waals surface area contributed by atoms with Crippen LogP contribution in [0.1, 0.15) is 34.1 Å². The van der Waals surface area contributed by atoms with Crippen molar-refractivity contribution in [2.75, 3.05) is 13.2 Å². The zero-order chi connectivity index (χ0) is 19.0. The van der Waals surface area contributed by atoms with Crippen molar-refractivity contribution < 1.29 is 19.4 Å². The predicted molar refractivity (Wildman–Crippen MR) is 100 cm³/mol. The van der Waals surface area contributed by atoms with Gasteiger partial charge in [-0.2, -0.15) is 0 Å². The average Bonchev–Trinajstić information content (AvgIpc) is 2.65. The van der Waals surface area contributed by atoms with Gasteiger partial charge in [-0.15, -0.1) is 0 Å². The molecule has 0 radical (unpaired) electrons.